The van der Waals surface area contributed by atoms with Crippen LogP contribution < -0.4 is 5.32 Å². The number of nitrogens with two attached hydrogens (primary N) is 1. The molecular weight excluding hydrogens is 148 g/mol. The smallest absolute Gasteiger partial charge is 0.0937 e. The quantitative estimate of drug-likeness (QED) is 0.592. The Morgan fingerprint density at radius 2 is 2.17 bits per heavy atom. The molecule has 0 amide bonds. The summed E-state index contributed by atoms with van der Waals surface area (Å²) in [6, 6.07) is 0.864. The zero-order chi connectivity index (χ0) is 8.23. The normalized spacial score (nSPS) is 36.7. The lowest BCUT2D eigenvalue weighted by atomic mass is 9.88. The summed E-state index contributed by atoms with van der Waals surface area (Å²) in [6.45, 7) is 2.41. The summed E-state index contributed by atoms with van der Waals surface area (Å²) in [5.41, 5.74) is 0. The van der Waals surface area contributed by atoms with Gasteiger partial charge in [-0.25, -0.2) is 0 Å². The molecule has 0 aromatic heterocycles. The first-order valence-corrected chi connectivity index (χ1v) is 5.30. The van der Waals surface area contributed by atoms with Crippen molar-refractivity contribution >= 4 is 6.21 Å². The average molecular weight is 167 g/mol. The molecule has 2 aliphatic heterocycles. The molecule has 2 N–H and O–H groups in total. The number of hydrogen-bond acceptors (Lipinski definition) is 1. The number of hydrogen-bond donors (Lipinski definition) is 1. The first kappa shape index (κ1) is 8.24. The second kappa shape index (κ2) is 4.04. The van der Waals surface area contributed by atoms with Crippen LogP contribution in [0.4, 0.5) is 0 Å². The van der Waals surface area contributed by atoms with E-state index >= 15 is 0 Å². The molecule has 0 bridgehead atoms. The molecule has 0 aliphatic carbocycles. The van der Waals surface area contributed by atoms with Crippen LogP contribution in [0.3, 0.4) is 0 Å². The number of piperidine rings is 1. The van der Waals surface area contributed by atoms with Crippen LogP contribution in [0.1, 0.15) is 32.1 Å². The third-order valence-electron chi connectivity index (χ3n) is 3.13. The molecule has 2 unspecified atom stereocenters. The molecule has 2 atom stereocenters. The van der Waals surface area contributed by atoms with E-state index < -0.39 is 0 Å². The SMILES string of the molecule is C1=NCCCC1C1CCCC[NH2+]1. The number of quaternary nitrogens is 1. The van der Waals surface area contributed by atoms with Crippen molar-refractivity contribution in [1.82, 2.24) is 0 Å². The van der Waals surface area contributed by atoms with Gasteiger partial charge in [-0.05, 0) is 25.7 Å². The van der Waals surface area contributed by atoms with Gasteiger partial charge >= 0.3 is 0 Å². The lowest BCUT2D eigenvalue weighted by molar-refractivity contribution is -0.701. The van der Waals surface area contributed by atoms with Gasteiger partial charge in [0.25, 0.3) is 0 Å². The van der Waals surface area contributed by atoms with Crippen molar-refractivity contribution in [1.29, 1.82) is 0 Å². The Morgan fingerprint density at radius 3 is 2.83 bits per heavy atom. The molecule has 1 fully saturated rings. The largest absolute Gasteiger partial charge is 0.343 e. The van der Waals surface area contributed by atoms with Crippen LogP contribution in [0.15, 0.2) is 4.99 Å². The van der Waals surface area contributed by atoms with E-state index in [1.165, 1.54) is 38.6 Å². The van der Waals surface area contributed by atoms with Gasteiger partial charge in [0.1, 0.15) is 0 Å². The predicted octanol–water partition coefficient (Wildman–Crippen LogP) is 0.583. The van der Waals surface area contributed by atoms with E-state index in [0.717, 1.165) is 18.5 Å². The van der Waals surface area contributed by atoms with Gasteiger partial charge in [-0.3, -0.25) is 4.99 Å². The van der Waals surface area contributed by atoms with Gasteiger partial charge in [-0.1, -0.05) is 0 Å². The maximum atomic E-state index is 4.39. The van der Waals surface area contributed by atoms with Crippen molar-refractivity contribution < 1.29 is 5.32 Å². The summed E-state index contributed by atoms with van der Waals surface area (Å²) in [5, 5.41) is 2.53. The van der Waals surface area contributed by atoms with Gasteiger partial charge in [0.05, 0.1) is 12.6 Å². The summed E-state index contributed by atoms with van der Waals surface area (Å²) in [6.07, 6.45) is 9.18. The Labute approximate surface area is 74.5 Å². The average Bonchev–Trinajstić information content (AvgIpc) is 2.21. The fraction of sp³-hybridized carbons (Fsp3) is 0.900. The van der Waals surface area contributed by atoms with E-state index in [9.17, 15) is 0 Å². The summed E-state index contributed by atoms with van der Waals surface area (Å²) in [4.78, 5) is 4.39. The fourth-order valence-corrected chi connectivity index (χ4v) is 2.39. The van der Waals surface area contributed by atoms with Crippen LogP contribution in [-0.4, -0.2) is 25.3 Å². The Bertz CT molecular complexity index is 159. The Balaban J connectivity index is 1.88. The topological polar surface area (TPSA) is 29.0 Å². The third-order valence-corrected chi connectivity index (χ3v) is 3.13. The van der Waals surface area contributed by atoms with Crippen LogP contribution in [0.5, 0.6) is 0 Å². The van der Waals surface area contributed by atoms with Crippen LogP contribution in [0.2, 0.25) is 0 Å². The first-order chi connectivity index (χ1) is 5.97. The highest BCUT2D eigenvalue weighted by Crippen LogP contribution is 2.16. The first-order valence-electron chi connectivity index (χ1n) is 5.30. The lowest BCUT2D eigenvalue weighted by Crippen LogP contribution is -2.93. The Morgan fingerprint density at radius 1 is 1.17 bits per heavy atom. The molecule has 0 aromatic rings. The van der Waals surface area contributed by atoms with Crippen molar-refractivity contribution in [3.8, 4) is 0 Å². The minimum atomic E-state index is 0.791. The maximum absolute atomic E-state index is 4.39. The molecule has 0 radical (unpaired) electrons. The monoisotopic (exact) mass is 167 g/mol. The second-order valence-electron chi connectivity index (χ2n) is 4.05. The van der Waals surface area contributed by atoms with Gasteiger partial charge in [0, 0.05) is 25.1 Å². The van der Waals surface area contributed by atoms with Crippen LogP contribution >= 0.6 is 0 Å². The van der Waals surface area contributed by atoms with E-state index in [0.29, 0.717) is 0 Å². The lowest BCUT2D eigenvalue weighted by Gasteiger charge is -2.27. The number of rotatable bonds is 1. The molecule has 12 heavy (non-hydrogen) atoms. The maximum Gasteiger partial charge on any atom is 0.0937 e. The van der Waals surface area contributed by atoms with Crippen LogP contribution in [0, 0.1) is 5.92 Å². The van der Waals surface area contributed by atoms with Gasteiger partial charge in [0.15, 0.2) is 0 Å². The second-order valence-corrected chi connectivity index (χ2v) is 4.05. The standard InChI is InChI=1S/C10H18N2/c1-2-7-12-10(5-1)9-4-3-6-11-8-9/h8-10,12H,1-7H2/p+1. The highest BCUT2D eigenvalue weighted by atomic mass is 14.9. The number of aliphatic imine (C=N–C) groups is 1. The molecule has 1 saturated heterocycles. The molecule has 2 aliphatic rings. The van der Waals surface area contributed by atoms with E-state index in [1.807, 2.05) is 0 Å². The minimum absolute atomic E-state index is 0.791. The van der Waals surface area contributed by atoms with E-state index in [1.54, 1.807) is 0 Å². The van der Waals surface area contributed by atoms with Crippen LogP contribution in [0.25, 0.3) is 0 Å². The van der Waals surface area contributed by atoms with Gasteiger partial charge < -0.3 is 5.32 Å². The zero-order valence-corrected chi connectivity index (χ0v) is 7.71. The molecule has 0 aromatic carbocycles. The van der Waals surface area contributed by atoms with Gasteiger partial charge in [-0.2, -0.15) is 0 Å². The molecule has 0 spiro atoms. The summed E-state index contributed by atoms with van der Waals surface area (Å²) < 4.78 is 0. The van der Waals surface area contributed by atoms with Crippen molar-refractivity contribution in [2.45, 2.75) is 38.1 Å². The molecule has 2 heterocycles. The highest BCUT2D eigenvalue weighted by molar-refractivity contribution is 5.62. The molecule has 68 valence electrons. The van der Waals surface area contributed by atoms with Gasteiger partial charge in [-0.15, -0.1) is 0 Å². The van der Waals surface area contributed by atoms with E-state index in [2.05, 4.69) is 16.5 Å². The molecule has 0 saturated carbocycles. The Kier molecular flexibility index (Phi) is 2.77. The zero-order valence-electron chi connectivity index (χ0n) is 7.71. The fourth-order valence-electron chi connectivity index (χ4n) is 2.39. The van der Waals surface area contributed by atoms with E-state index in [4.69, 9.17) is 0 Å². The van der Waals surface area contributed by atoms with Crippen molar-refractivity contribution in [3.05, 3.63) is 0 Å². The molecule has 2 rings (SSSR count). The summed E-state index contributed by atoms with van der Waals surface area (Å²) in [7, 11) is 0. The highest BCUT2D eigenvalue weighted by Gasteiger charge is 2.25. The van der Waals surface area contributed by atoms with Crippen molar-refractivity contribution in [2.75, 3.05) is 13.1 Å². The van der Waals surface area contributed by atoms with E-state index in [-0.39, 0.29) is 0 Å². The number of nitrogens with zero attached hydrogens (tertiary/aromatic N) is 1. The van der Waals surface area contributed by atoms with Crippen LogP contribution in [-0.2, 0) is 0 Å². The Hall–Kier alpha value is -0.370. The molecule has 2 nitrogen and oxygen atoms in total. The van der Waals surface area contributed by atoms with Crippen molar-refractivity contribution in [2.24, 2.45) is 10.9 Å². The van der Waals surface area contributed by atoms with Crippen molar-refractivity contribution in [3.63, 3.8) is 0 Å². The third kappa shape index (κ3) is 1.86. The molecule has 2 heteroatoms. The minimum Gasteiger partial charge on any atom is -0.343 e. The summed E-state index contributed by atoms with van der Waals surface area (Å²) in [5.74, 6) is 0.791. The summed E-state index contributed by atoms with van der Waals surface area (Å²) >= 11 is 0. The predicted molar refractivity (Wildman–Crippen MR) is 50.5 cm³/mol. The molecular formula is C10H19N2+. The van der Waals surface area contributed by atoms with Gasteiger partial charge in [0.2, 0.25) is 0 Å².